The summed E-state index contributed by atoms with van der Waals surface area (Å²) in [6, 6.07) is 0.577. The summed E-state index contributed by atoms with van der Waals surface area (Å²) in [4.78, 5) is 0. The molecule has 1 aromatic rings. The van der Waals surface area contributed by atoms with Crippen molar-refractivity contribution in [3.8, 4) is 0 Å². The fraction of sp³-hybridized carbons (Fsp3) is 0.667. The zero-order chi connectivity index (χ0) is 9.68. The lowest BCUT2D eigenvalue weighted by Crippen LogP contribution is -2.28. The number of nitrogens with two attached hydrogens (primary N) is 1. The Morgan fingerprint density at radius 3 is 3.00 bits per heavy atom. The molecule has 0 aliphatic heterocycles. The highest BCUT2D eigenvalue weighted by molar-refractivity contribution is 5.30. The first-order valence-electron chi connectivity index (χ1n) is 4.73. The summed E-state index contributed by atoms with van der Waals surface area (Å²) >= 11 is 0. The molecule has 0 saturated heterocycles. The van der Waals surface area contributed by atoms with Gasteiger partial charge in [-0.15, -0.1) is 0 Å². The Bertz CT molecular complexity index is 244. The summed E-state index contributed by atoms with van der Waals surface area (Å²) in [6.45, 7) is 6.17. The Balaban J connectivity index is 2.20. The molecule has 13 heavy (non-hydrogen) atoms. The average Bonchev–Trinajstić information content (AvgIpc) is 2.51. The Morgan fingerprint density at radius 2 is 2.46 bits per heavy atom. The monoisotopic (exact) mass is 182 g/mol. The Morgan fingerprint density at radius 1 is 1.69 bits per heavy atom. The van der Waals surface area contributed by atoms with Crippen LogP contribution in [0.5, 0.6) is 0 Å². The van der Waals surface area contributed by atoms with Crippen LogP contribution in [0.3, 0.4) is 0 Å². The van der Waals surface area contributed by atoms with Gasteiger partial charge in [-0.05, 0) is 13.3 Å². The van der Waals surface area contributed by atoms with Crippen LogP contribution in [-0.4, -0.2) is 22.4 Å². The number of nitrogen functional groups attached to an aromatic ring is 1. The second-order valence-electron chi connectivity index (χ2n) is 3.30. The van der Waals surface area contributed by atoms with Gasteiger partial charge in [0.25, 0.3) is 0 Å². The van der Waals surface area contributed by atoms with Gasteiger partial charge in [-0.3, -0.25) is 4.68 Å². The van der Waals surface area contributed by atoms with E-state index in [2.05, 4.69) is 24.3 Å². The molecule has 1 heterocycles. The summed E-state index contributed by atoms with van der Waals surface area (Å²) in [5, 5.41) is 7.48. The molecule has 1 atom stereocenters. The van der Waals surface area contributed by atoms with E-state index in [-0.39, 0.29) is 0 Å². The van der Waals surface area contributed by atoms with Crippen LogP contribution >= 0.6 is 0 Å². The fourth-order valence-corrected chi connectivity index (χ4v) is 1.07. The van der Waals surface area contributed by atoms with E-state index in [9.17, 15) is 0 Å². The molecule has 0 radical (unpaired) electrons. The number of nitrogens with one attached hydrogen (secondary N) is 1. The van der Waals surface area contributed by atoms with Gasteiger partial charge in [0.15, 0.2) is 0 Å². The molecule has 4 heteroatoms. The lowest BCUT2D eigenvalue weighted by Gasteiger charge is -2.10. The van der Waals surface area contributed by atoms with Crippen molar-refractivity contribution in [2.45, 2.75) is 32.9 Å². The van der Waals surface area contributed by atoms with Crippen LogP contribution in [0.1, 0.15) is 20.3 Å². The average molecular weight is 182 g/mol. The highest BCUT2D eigenvalue weighted by atomic mass is 15.3. The number of nitrogens with zero attached hydrogens (tertiary/aromatic N) is 2. The molecule has 0 amide bonds. The van der Waals surface area contributed by atoms with Crippen LogP contribution < -0.4 is 11.1 Å². The molecule has 0 bridgehead atoms. The number of anilines is 1. The molecule has 74 valence electrons. The van der Waals surface area contributed by atoms with E-state index in [1.54, 1.807) is 6.20 Å². The summed E-state index contributed by atoms with van der Waals surface area (Å²) in [7, 11) is 0. The van der Waals surface area contributed by atoms with Gasteiger partial charge in [0.05, 0.1) is 18.4 Å². The normalized spacial score (nSPS) is 13.1. The number of hydrogen-bond acceptors (Lipinski definition) is 3. The van der Waals surface area contributed by atoms with Gasteiger partial charge in [0.1, 0.15) is 0 Å². The molecule has 0 aliphatic rings. The lowest BCUT2D eigenvalue weighted by atomic mass is 10.3. The van der Waals surface area contributed by atoms with E-state index < -0.39 is 0 Å². The number of aromatic nitrogens is 2. The van der Waals surface area contributed by atoms with E-state index in [0.717, 1.165) is 25.2 Å². The van der Waals surface area contributed by atoms with Gasteiger partial charge < -0.3 is 11.1 Å². The molecular weight excluding hydrogens is 164 g/mol. The van der Waals surface area contributed by atoms with Gasteiger partial charge >= 0.3 is 0 Å². The topological polar surface area (TPSA) is 55.9 Å². The SMILES string of the molecule is CCC(C)NCCn1cc(N)cn1. The molecule has 0 fully saturated rings. The second kappa shape index (κ2) is 4.87. The quantitative estimate of drug-likeness (QED) is 0.710. The Kier molecular flexibility index (Phi) is 3.76. The predicted molar refractivity (Wildman–Crippen MR) is 54.4 cm³/mol. The van der Waals surface area contributed by atoms with Crippen molar-refractivity contribution in [2.24, 2.45) is 0 Å². The number of hydrogen-bond donors (Lipinski definition) is 2. The third-order valence-corrected chi connectivity index (χ3v) is 2.10. The molecule has 1 rings (SSSR count). The standard InChI is InChI=1S/C9H18N4/c1-3-8(2)11-4-5-13-7-9(10)6-12-13/h6-8,11H,3-5,10H2,1-2H3. The maximum absolute atomic E-state index is 5.53. The van der Waals surface area contributed by atoms with E-state index >= 15 is 0 Å². The summed E-state index contributed by atoms with van der Waals surface area (Å²) in [5.41, 5.74) is 6.26. The Labute approximate surface area is 79.1 Å². The summed E-state index contributed by atoms with van der Waals surface area (Å²) in [5.74, 6) is 0. The smallest absolute Gasteiger partial charge is 0.0719 e. The van der Waals surface area contributed by atoms with Gasteiger partial charge in [-0.2, -0.15) is 5.10 Å². The zero-order valence-electron chi connectivity index (χ0n) is 8.33. The van der Waals surface area contributed by atoms with Gasteiger partial charge in [-0.1, -0.05) is 6.92 Å². The van der Waals surface area contributed by atoms with Crippen molar-refractivity contribution in [3.05, 3.63) is 12.4 Å². The minimum atomic E-state index is 0.577. The fourth-order valence-electron chi connectivity index (χ4n) is 1.07. The van der Waals surface area contributed by atoms with E-state index in [4.69, 9.17) is 5.73 Å². The molecule has 3 N–H and O–H groups in total. The predicted octanol–water partition coefficient (Wildman–Crippen LogP) is 0.853. The van der Waals surface area contributed by atoms with Crippen LogP contribution in [0.4, 0.5) is 5.69 Å². The summed E-state index contributed by atoms with van der Waals surface area (Å²) in [6.07, 6.45) is 4.67. The maximum atomic E-state index is 5.53. The highest BCUT2D eigenvalue weighted by Gasteiger charge is 1.97. The van der Waals surface area contributed by atoms with E-state index in [1.165, 1.54) is 0 Å². The van der Waals surface area contributed by atoms with Crippen LogP contribution in [0.25, 0.3) is 0 Å². The Hall–Kier alpha value is -1.03. The van der Waals surface area contributed by atoms with Crippen LogP contribution in [0, 0.1) is 0 Å². The van der Waals surface area contributed by atoms with Crippen LogP contribution in [0.2, 0.25) is 0 Å². The van der Waals surface area contributed by atoms with E-state index in [1.807, 2.05) is 10.9 Å². The molecule has 4 nitrogen and oxygen atoms in total. The largest absolute Gasteiger partial charge is 0.396 e. The molecule has 0 aromatic carbocycles. The van der Waals surface area contributed by atoms with Gasteiger partial charge in [0.2, 0.25) is 0 Å². The van der Waals surface area contributed by atoms with E-state index in [0.29, 0.717) is 6.04 Å². The van der Waals surface area contributed by atoms with Crippen molar-refractivity contribution < 1.29 is 0 Å². The second-order valence-corrected chi connectivity index (χ2v) is 3.30. The lowest BCUT2D eigenvalue weighted by molar-refractivity contribution is 0.487. The minimum absolute atomic E-state index is 0.577. The first-order chi connectivity index (χ1) is 6.22. The van der Waals surface area contributed by atoms with Crippen LogP contribution in [-0.2, 0) is 6.54 Å². The van der Waals surface area contributed by atoms with Crippen LogP contribution in [0.15, 0.2) is 12.4 Å². The third kappa shape index (κ3) is 3.46. The van der Waals surface area contributed by atoms with Crippen molar-refractivity contribution in [2.75, 3.05) is 12.3 Å². The van der Waals surface area contributed by atoms with Gasteiger partial charge in [-0.25, -0.2) is 0 Å². The molecular formula is C9H18N4. The number of rotatable bonds is 5. The first kappa shape index (κ1) is 10.1. The molecule has 0 saturated carbocycles. The van der Waals surface area contributed by atoms with Gasteiger partial charge in [0, 0.05) is 18.8 Å². The maximum Gasteiger partial charge on any atom is 0.0719 e. The molecule has 1 unspecified atom stereocenters. The summed E-state index contributed by atoms with van der Waals surface area (Å²) < 4.78 is 1.85. The van der Waals surface area contributed by atoms with Crippen molar-refractivity contribution >= 4 is 5.69 Å². The molecule has 1 aromatic heterocycles. The minimum Gasteiger partial charge on any atom is -0.396 e. The molecule has 0 aliphatic carbocycles. The van der Waals surface area contributed by atoms with Crippen molar-refractivity contribution in [1.82, 2.24) is 15.1 Å². The molecule has 0 spiro atoms. The highest BCUT2D eigenvalue weighted by Crippen LogP contribution is 1.96. The van der Waals surface area contributed by atoms with Crippen molar-refractivity contribution in [1.29, 1.82) is 0 Å². The first-order valence-corrected chi connectivity index (χ1v) is 4.73. The zero-order valence-corrected chi connectivity index (χ0v) is 8.33. The van der Waals surface area contributed by atoms with Crippen molar-refractivity contribution in [3.63, 3.8) is 0 Å². The third-order valence-electron chi connectivity index (χ3n) is 2.10.